The van der Waals surface area contributed by atoms with Crippen LogP contribution in [0.25, 0.3) is 0 Å². The minimum absolute atomic E-state index is 0.00524. The molecule has 3 nitrogen and oxygen atoms in total. The van der Waals surface area contributed by atoms with Crippen LogP contribution in [0.2, 0.25) is 0 Å². The van der Waals surface area contributed by atoms with E-state index in [1.807, 2.05) is 13.8 Å². The van der Waals surface area contributed by atoms with Gasteiger partial charge in [-0.15, -0.1) is 0 Å². The van der Waals surface area contributed by atoms with Crippen molar-refractivity contribution in [2.75, 3.05) is 5.32 Å². The summed E-state index contributed by atoms with van der Waals surface area (Å²) in [4.78, 5) is 4.15. The van der Waals surface area contributed by atoms with Crippen molar-refractivity contribution in [1.82, 2.24) is 4.98 Å². The zero-order valence-electron chi connectivity index (χ0n) is 11.4. The number of hydrogen-bond donors (Lipinski definition) is 1. The van der Waals surface area contributed by atoms with Gasteiger partial charge in [0.1, 0.15) is 11.6 Å². The number of pyridine rings is 1. The molecular weight excluding hydrogens is 262 g/mol. The zero-order chi connectivity index (χ0) is 14.5. The van der Waals surface area contributed by atoms with Crippen molar-refractivity contribution in [2.24, 2.45) is 0 Å². The molecule has 5 heteroatoms. The second kappa shape index (κ2) is 6.32. The van der Waals surface area contributed by atoms with E-state index in [1.54, 1.807) is 18.3 Å². The normalized spacial score (nSPS) is 10.7. The molecule has 0 aliphatic heterocycles. The van der Waals surface area contributed by atoms with E-state index in [4.69, 9.17) is 4.74 Å². The van der Waals surface area contributed by atoms with Gasteiger partial charge in [0.25, 0.3) is 0 Å². The summed E-state index contributed by atoms with van der Waals surface area (Å²) in [6, 6.07) is 6.89. The monoisotopic (exact) mass is 278 g/mol. The average Bonchev–Trinajstić information content (AvgIpc) is 2.41. The number of nitrogens with one attached hydrogen (secondary N) is 1. The van der Waals surface area contributed by atoms with Crippen LogP contribution in [0.5, 0.6) is 5.75 Å². The molecule has 1 aromatic carbocycles. The second-order valence-electron chi connectivity index (χ2n) is 4.61. The lowest BCUT2D eigenvalue weighted by molar-refractivity contribution is 0.243. The highest BCUT2D eigenvalue weighted by molar-refractivity contribution is 5.49. The van der Waals surface area contributed by atoms with E-state index in [9.17, 15) is 8.78 Å². The third kappa shape index (κ3) is 3.66. The summed E-state index contributed by atoms with van der Waals surface area (Å²) in [6.45, 7) is 3.95. The molecule has 106 valence electrons. The SMILES string of the molecule is CC(C)Oc1cccnc1NCc1cc(F)ccc1F. The highest BCUT2D eigenvalue weighted by atomic mass is 19.1. The Hall–Kier alpha value is -2.17. The van der Waals surface area contributed by atoms with Crippen LogP contribution in [0.4, 0.5) is 14.6 Å². The molecule has 0 fully saturated rings. The predicted octanol–water partition coefficient (Wildman–Crippen LogP) is 3.76. The maximum Gasteiger partial charge on any atom is 0.169 e. The Kier molecular flexibility index (Phi) is 4.50. The number of anilines is 1. The van der Waals surface area contributed by atoms with Gasteiger partial charge in [0.05, 0.1) is 6.10 Å². The first-order chi connectivity index (χ1) is 9.56. The van der Waals surface area contributed by atoms with E-state index >= 15 is 0 Å². The lowest BCUT2D eigenvalue weighted by Crippen LogP contribution is -2.10. The summed E-state index contributed by atoms with van der Waals surface area (Å²) in [6.07, 6.45) is 1.61. The minimum atomic E-state index is -0.470. The predicted molar refractivity (Wildman–Crippen MR) is 73.7 cm³/mol. The van der Waals surface area contributed by atoms with E-state index in [0.717, 1.165) is 18.2 Å². The molecule has 0 radical (unpaired) electrons. The fourth-order valence-electron chi connectivity index (χ4n) is 1.73. The molecule has 0 unspecified atom stereocenters. The van der Waals surface area contributed by atoms with Gasteiger partial charge in [-0.3, -0.25) is 0 Å². The number of aromatic nitrogens is 1. The van der Waals surface area contributed by atoms with Crippen molar-refractivity contribution in [3.8, 4) is 5.75 Å². The lowest BCUT2D eigenvalue weighted by atomic mass is 10.2. The molecule has 2 rings (SSSR count). The molecule has 2 aromatic rings. The Labute approximate surface area is 116 Å². The standard InChI is InChI=1S/C15H16F2N2O/c1-10(2)20-14-4-3-7-18-15(14)19-9-11-8-12(16)5-6-13(11)17/h3-8,10H,9H2,1-2H3,(H,18,19). The van der Waals surface area contributed by atoms with Gasteiger partial charge in [-0.05, 0) is 44.2 Å². The molecule has 0 amide bonds. The van der Waals surface area contributed by atoms with E-state index in [1.165, 1.54) is 0 Å². The zero-order valence-corrected chi connectivity index (χ0v) is 11.4. The topological polar surface area (TPSA) is 34.1 Å². The molecule has 0 bridgehead atoms. The average molecular weight is 278 g/mol. The summed E-state index contributed by atoms with van der Waals surface area (Å²) in [5.74, 6) is 0.160. The van der Waals surface area contributed by atoms with Crippen LogP contribution < -0.4 is 10.1 Å². The van der Waals surface area contributed by atoms with Gasteiger partial charge in [0, 0.05) is 18.3 Å². The summed E-state index contributed by atoms with van der Waals surface area (Å²) < 4.78 is 32.2. The number of hydrogen-bond acceptors (Lipinski definition) is 3. The van der Waals surface area contributed by atoms with Crippen molar-refractivity contribution in [2.45, 2.75) is 26.5 Å². The Bertz CT molecular complexity index is 588. The second-order valence-corrected chi connectivity index (χ2v) is 4.61. The first-order valence-electron chi connectivity index (χ1n) is 6.35. The summed E-state index contributed by atoms with van der Waals surface area (Å²) in [5.41, 5.74) is 0.242. The molecular formula is C15H16F2N2O. The highest BCUT2D eigenvalue weighted by Gasteiger charge is 2.08. The molecule has 0 aliphatic carbocycles. The van der Waals surface area contributed by atoms with E-state index in [0.29, 0.717) is 11.6 Å². The van der Waals surface area contributed by atoms with Gasteiger partial charge < -0.3 is 10.1 Å². The van der Waals surface area contributed by atoms with Crippen LogP contribution in [-0.4, -0.2) is 11.1 Å². The van der Waals surface area contributed by atoms with Gasteiger partial charge >= 0.3 is 0 Å². The third-order valence-electron chi connectivity index (χ3n) is 2.59. The Morgan fingerprint density at radius 2 is 2.05 bits per heavy atom. The van der Waals surface area contributed by atoms with E-state index in [2.05, 4.69) is 10.3 Å². The number of halogens is 2. The Balaban J connectivity index is 2.12. The summed E-state index contributed by atoms with van der Waals surface area (Å²) in [7, 11) is 0. The van der Waals surface area contributed by atoms with Crippen LogP contribution in [0.3, 0.4) is 0 Å². The molecule has 1 aromatic heterocycles. The van der Waals surface area contributed by atoms with Crippen molar-refractivity contribution >= 4 is 5.82 Å². The van der Waals surface area contributed by atoms with Gasteiger partial charge in [0.2, 0.25) is 0 Å². The molecule has 0 saturated carbocycles. The molecule has 1 heterocycles. The summed E-state index contributed by atoms with van der Waals surface area (Å²) >= 11 is 0. The lowest BCUT2D eigenvalue weighted by Gasteiger charge is -2.14. The maximum absolute atomic E-state index is 13.5. The first-order valence-corrected chi connectivity index (χ1v) is 6.35. The number of nitrogens with zero attached hydrogens (tertiary/aromatic N) is 1. The van der Waals surface area contributed by atoms with Crippen molar-refractivity contribution in [3.63, 3.8) is 0 Å². The first kappa shape index (κ1) is 14.2. The van der Waals surface area contributed by atoms with Crippen LogP contribution in [-0.2, 0) is 6.54 Å². The van der Waals surface area contributed by atoms with Gasteiger partial charge in [-0.25, -0.2) is 13.8 Å². The van der Waals surface area contributed by atoms with Gasteiger partial charge in [-0.1, -0.05) is 0 Å². The van der Waals surface area contributed by atoms with Crippen LogP contribution in [0.1, 0.15) is 19.4 Å². The molecule has 0 spiro atoms. The smallest absolute Gasteiger partial charge is 0.169 e. The van der Waals surface area contributed by atoms with Gasteiger partial charge in [0.15, 0.2) is 11.6 Å². The van der Waals surface area contributed by atoms with E-state index in [-0.39, 0.29) is 18.2 Å². The quantitative estimate of drug-likeness (QED) is 0.904. The molecule has 0 saturated heterocycles. The Morgan fingerprint density at radius 1 is 1.25 bits per heavy atom. The van der Waals surface area contributed by atoms with Crippen LogP contribution in [0, 0.1) is 11.6 Å². The van der Waals surface area contributed by atoms with Crippen LogP contribution >= 0.6 is 0 Å². The molecule has 20 heavy (non-hydrogen) atoms. The largest absolute Gasteiger partial charge is 0.487 e. The van der Waals surface area contributed by atoms with Crippen molar-refractivity contribution < 1.29 is 13.5 Å². The molecule has 1 N–H and O–H groups in total. The third-order valence-corrected chi connectivity index (χ3v) is 2.59. The number of ether oxygens (including phenoxy) is 1. The molecule has 0 atom stereocenters. The fraction of sp³-hybridized carbons (Fsp3) is 0.267. The van der Waals surface area contributed by atoms with Crippen LogP contribution in [0.15, 0.2) is 36.5 Å². The minimum Gasteiger partial charge on any atom is -0.487 e. The van der Waals surface area contributed by atoms with E-state index < -0.39 is 11.6 Å². The molecule has 0 aliphatic rings. The highest BCUT2D eigenvalue weighted by Crippen LogP contribution is 2.23. The summed E-state index contributed by atoms with van der Waals surface area (Å²) in [5, 5.41) is 2.96. The maximum atomic E-state index is 13.5. The Morgan fingerprint density at radius 3 is 2.80 bits per heavy atom. The number of benzene rings is 1. The van der Waals surface area contributed by atoms with Crippen molar-refractivity contribution in [1.29, 1.82) is 0 Å². The van der Waals surface area contributed by atoms with Crippen molar-refractivity contribution in [3.05, 3.63) is 53.7 Å². The van der Waals surface area contributed by atoms with Gasteiger partial charge in [-0.2, -0.15) is 0 Å². The fourth-order valence-corrected chi connectivity index (χ4v) is 1.73. The number of rotatable bonds is 5.